The Morgan fingerprint density at radius 3 is 2.73 bits per heavy atom. The Kier molecular flexibility index (Phi) is 7.89. The van der Waals surface area contributed by atoms with Crippen LogP contribution in [0.1, 0.15) is 36.1 Å². The number of piperazine rings is 1. The summed E-state index contributed by atoms with van der Waals surface area (Å²) >= 11 is 0. The molecule has 1 amide bonds. The van der Waals surface area contributed by atoms with E-state index in [9.17, 15) is 4.79 Å². The van der Waals surface area contributed by atoms with Crippen molar-refractivity contribution in [1.82, 2.24) is 15.1 Å². The molecule has 0 aromatic heterocycles. The van der Waals surface area contributed by atoms with E-state index in [-0.39, 0.29) is 24.4 Å². The van der Waals surface area contributed by atoms with Crippen LogP contribution >= 0.6 is 12.4 Å². The number of aryl methyl sites for hydroxylation is 2. The molecule has 0 radical (unpaired) electrons. The molecule has 2 atom stereocenters. The zero-order chi connectivity index (χ0) is 17.8. The van der Waals surface area contributed by atoms with Crippen molar-refractivity contribution in [2.75, 3.05) is 45.9 Å². The summed E-state index contributed by atoms with van der Waals surface area (Å²) in [5.74, 6) is 0.281. The Morgan fingerprint density at radius 1 is 1.27 bits per heavy atom. The summed E-state index contributed by atoms with van der Waals surface area (Å²) in [6.45, 7) is 12.4. The van der Waals surface area contributed by atoms with Crippen LogP contribution in [0.3, 0.4) is 0 Å². The van der Waals surface area contributed by atoms with Gasteiger partial charge in [0.2, 0.25) is 5.91 Å². The average Bonchev–Trinajstić information content (AvgIpc) is 2.63. The average molecular weight is 382 g/mol. The van der Waals surface area contributed by atoms with Crippen LogP contribution in [0.2, 0.25) is 0 Å². The lowest BCUT2D eigenvalue weighted by molar-refractivity contribution is -0.133. The molecule has 2 aliphatic rings. The van der Waals surface area contributed by atoms with Gasteiger partial charge in [-0.15, -0.1) is 12.4 Å². The quantitative estimate of drug-likeness (QED) is 0.869. The van der Waals surface area contributed by atoms with Crippen LogP contribution in [0.25, 0.3) is 0 Å². The van der Waals surface area contributed by atoms with E-state index in [0.717, 1.165) is 45.9 Å². The topological polar surface area (TPSA) is 44.8 Å². The van der Waals surface area contributed by atoms with Crippen LogP contribution in [0, 0.1) is 13.8 Å². The van der Waals surface area contributed by atoms with Crippen LogP contribution in [0.5, 0.6) is 0 Å². The van der Waals surface area contributed by atoms with E-state index >= 15 is 0 Å². The van der Waals surface area contributed by atoms with Gasteiger partial charge in [0.05, 0.1) is 12.7 Å². The third-order valence-corrected chi connectivity index (χ3v) is 5.43. The van der Waals surface area contributed by atoms with Crippen molar-refractivity contribution in [3.05, 3.63) is 34.9 Å². The Labute approximate surface area is 163 Å². The second kappa shape index (κ2) is 9.70. The van der Waals surface area contributed by atoms with E-state index in [4.69, 9.17) is 4.74 Å². The predicted octanol–water partition coefficient (Wildman–Crippen LogP) is 2.31. The molecule has 0 aliphatic carbocycles. The number of morpholine rings is 1. The van der Waals surface area contributed by atoms with E-state index in [1.54, 1.807) is 0 Å². The van der Waals surface area contributed by atoms with Crippen LogP contribution < -0.4 is 5.32 Å². The van der Waals surface area contributed by atoms with Gasteiger partial charge >= 0.3 is 0 Å². The fraction of sp³-hybridized carbons (Fsp3) is 0.650. The highest BCUT2D eigenvalue weighted by Gasteiger charge is 2.28. The predicted molar refractivity (Wildman–Crippen MR) is 107 cm³/mol. The molecule has 2 aliphatic heterocycles. The van der Waals surface area contributed by atoms with Gasteiger partial charge < -0.3 is 15.0 Å². The number of hydrogen-bond donors (Lipinski definition) is 1. The highest BCUT2D eigenvalue weighted by molar-refractivity contribution is 5.85. The fourth-order valence-electron chi connectivity index (χ4n) is 3.72. The van der Waals surface area contributed by atoms with Gasteiger partial charge in [-0.2, -0.15) is 0 Å². The first-order valence-electron chi connectivity index (χ1n) is 9.46. The zero-order valence-electron chi connectivity index (χ0n) is 16.2. The summed E-state index contributed by atoms with van der Waals surface area (Å²) < 4.78 is 6.12. The van der Waals surface area contributed by atoms with Gasteiger partial charge in [0, 0.05) is 51.7 Å². The molecule has 1 N–H and O–H groups in total. The first kappa shape index (κ1) is 21.2. The maximum atomic E-state index is 12.4. The van der Waals surface area contributed by atoms with Gasteiger partial charge in [-0.05, 0) is 31.9 Å². The fourth-order valence-corrected chi connectivity index (χ4v) is 3.72. The SMILES string of the molecule is Cc1ccc(C)c(C2CN(CCC(=O)N3CCNCC3)C(C)CO2)c1.Cl. The number of hydrogen-bond acceptors (Lipinski definition) is 4. The number of carbonyl (C=O) groups is 1. The lowest BCUT2D eigenvalue weighted by atomic mass is 9.98. The molecule has 2 heterocycles. The molecule has 5 nitrogen and oxygen atoms in total. The first-order chi connectivity index (χ1) is 12.0. The normalized spacial score (nSPS) is 24.2. The number of rotatable bonds is 4. The van der Waals surface area contributed by atoms with Gasteiger partial charge in [0.25, 0.3) is 0 Å². The number of halogens is 1. The van der Waals surface area contributed by atoms with Gasteiger partial charge in [-0.1, -0.05) is 23.8 Å². The van der Waals surface area contributed by atoms with Crippen molar-refractivity contribution >= 4 is 18.3 Å². The minimum absolute atomic E-state index is 0. The van der Waals surface area contributed by atoms with E-state index in [1.165, 1.54) is 16.7 Å². The zero-order valence-corrected chi connectivity index (χ0v) is 17.0. The number of ether oxygens (including phenoxy) is 1. The summed E-state index contributed by atoms with van der Waals surface area (Å²) in [4.78, 5) is 16.8. The highest BCUT2D eigenvalue weighted by Crippen LogP contribution is 2.28. The summed E-state index contributed by atoms with van der Waals surface area (Å²) in [5.41, 5.74) is 3.83. The molecule has 26 heavy (non-hydrogen) atoms. The van der Waals surface area contributed by atoms with Gasteiger partial charge in [-0.25, -0.2) is 0 Å². The van der Waals surface area contributed by atoms with Crippen molar-refractivity contribution in [2.45, 2.75) is 39.3 Å². The van der Waals surface area contributed by atoms with Gasteiger partial charge in [-0.3, -0.25) is 9.69 Å². The Balaban J connectivity index is 0.00000243. The van der Waals surface area contributed by atoms with Crippen LogP contribution in [-0.2, 0) is 9.53 Å². The first-order valence-corrected chi connectivity index (χ1v) is 9.46. The van der Waals surface area contributed by atoms with Crippen molar-refractivity contribution in [2.24, 2.45) is 0 Å². The molecule has 2 saturated heterocycles. The molecule has 0 bridgehead atoms. The minimum atomic E-state index is 0. The van der Waals surface area contributed by atoms with E-state index in [2.05, 4.69) is 49.2 Å². The molecule has 1 aromatic carbocycles. The number of nitrogens with one attached hydrogen (secondary N) is 1. The van der Waals surface area contributed by atoms with E-state index in [1.807, 2.05) is 4.90 Å². The molecule has 1 aromatic rings. The smallest absolute Gasteiger partial charge is 0.223 e. The number of amides is 1. The molecule has 3 rings (SSSR count). The second-order valence-corrected chi connectivity index (χ2v) is 7.41. The standard InChI is InChI=1S/C20H31N3O2.ClH/c1-15-4-5-16(2)18(12-15)19-13-23(17(3)14-25-19)9-6-20(24)22-10-7-21-8-11-22;/h4-5,12,17,19,21H,6-11,13-14H2,1-3H3;1H. The van der Waals surface area contributed by atoms with Crippen molar-refractivity contribution < 1.29 is 9.53 Å². The molecule has 2 unspecified atom stereocenters. The Hall–Kier alpha value is -1.14. The van der Waals surface area contributed by atoms with Crippen LogP contribution in [-0.4, -0.2) is 67.6 Å². The lowest BCUT2D eigenvalue weighted by Gasteiger charge is -2.39. The summed E-state index contributed by atoms with van der Waals surface area (Å²) in [6, 6.07) is 6.91. The monoisotopic (exact) mass is 381 g/mol. The molecule has 146 valence electrons. The minimum Gasteiger partial charge on any atom is -0.371 e. The maximum Gasteiger partial charge on any atom is 0.223 e. The van der Waals surface area contributed by atoms with Gasteiger partial charge in [0.1, 0.15) is 0 Å². The van der Waals surface area contributed by atoms with E-state index in [0.29, 0.717) is 12.5 Å². The summed E-state index contributed by atoms with van der Waals surface area (Å²) in [5, 5.41) is 3.30. The number of carbonyl (C=O) groups excluding carboxylic acids is 1. The summed E-state index contributed by atoms with van der Waals surface area (Å²) in [7, 11) is 0. The van der Waals surface area contributed by atoms with Crippen molar-refractivity contribution in [3.8, 4) is 0 Å². The summed E-state index contributed by atoms with van der Waals surface area (Å²) in [6.07, 6.45) is 0.703. The Morgan fingerprint density at radius 2 is 2.00 bits per heavy atom. The van der Waals surface area contributed by atoms with E-state index < -0.39 is 0 Å². The number of benzene rings is 1. The largest absolute Gasteiger partial charge is 0.371 e. The van der Waals surface area contributed by atoms with Crippen LogP contribution in [0.4, 0.5) is 0 Å². The number of nitrogens with zero attached hydrogens (tertiary/aromatic N) is 2. The highest BCUT2D eigenvalue weighted by atomic mass is 35.5. The van der Waals surface area contributed by atoms with Crippen LogP contribution in [0.15, 0.2) is 18.2 Å². The molecule has 2 fully saturated rings. The Bertz CT molecular complexity index is 605. The molecule has 0 saturated carbocycles. The van der Waals surface area contributed by atoms with Crippen molar-refractivity contribution in [1.29, 1.82) is 0 Å². The molecular weight excluding hydrogens is 350 g/mol. The third kappa shape index (κ3) is 5.19. The maximum absolute atomic E-state index is 12.4. The van der Waals surface area contributed by atoms with Gasteiger partial charge in [0.15, 0.2) is 0 Å². The molecule has 6 heteroatoms. The third-order valence-electron chi connectivity index (χ3n) is 5.43. The second-order valence-electron chi connectivity index (χ2n) is 7.41. The molecule has 0 spiro atoms. The van der Waals surface area contributed by atoms with Crippen molar-refractivity contribution in [3.63, 3.8) is 0 Å². The lowest BCUT2D eigenvalue weighted by Crippen LogP contribution is -2.49. The molecular formula is C20H32ClN3O2.